The van der Waals surface area contributed by atoms with Gasteiger partial charge in [-0.05, 0) is 23.5 Å². The van der Waals surface area contributed by atoms with Crippen LogP contribution in [0, 0.1) is 0 Å². The van der Waals surface area contributed by atoms with Gasteiger partial charge in [0.1, 0.15) is 0 Å². The summed E-state index contributed by atoms with van der Waals surface area (Å²) in [4.78, 5) is 0. The van der Waals surface area contributed by atoms with Gasteiger partial charge >= 0.3 is 0 Å². The van der Waals surface area contributed by atoms with Crippen molar-refractivity contribution in [1.29, 1.82) is 0 Å². The minimum Gasteiger partial charge on any atom is -0.305 e. The van der Waals surface area contributed by atoms with Crippen LogP contribution in [0.5, 0.6) is 0 Å². The van der Waals surface area contributed by atoms with Crippen molar-refractivity contribution in [3.8, 4) is 0 Å². The maximum absolute atomic E-state index is 3.93. The zero-order chi connectivity index (χ0) is 14.8. The van der Waals surface area contributed by atoms with Gasteiger partial charge in [-0.25, -0.2) is 0 Å². The predicted molar refractivity (Wildman–Crippen MR) is 81.4 cm³/mol. The molecule has 0 amide bonds. The van der Waals surface area contributed by atoms with Gasteiger partial charge in [-0.15, -0.1) is 5.10 Å². The van der Waals surface area contributed by atoms with Crippen LogP contribution in [0.15, 0.2) is 30.5 Å². The van der Waals surface area contributed by atoms with Gasteiger partial charge < -0.3 is 5.32 Å². The first-order valence-corrected chi connectivity index (χ1v) is 7.05. The van der Waals surface area contributed by atoms with Crippen LogP contribution in [0.4, 0.5) is 0 Å². The van der Waals surface area contributed by atoms with E-state index in [9.17, 15) is 0 Å². The Labute approximate surface area is 121 Å². The maximum Gasteiger partial charge on any atom is 0.0738 e. The molecule has 108 valence electrons. The molecule has 1 unspecified atom stereocenters. The van der Waals surface area contributed by atoms with Crippen molar-refractivity contribution in [2.75, 3.05) is 0 Å². The molecular weight excluding hydrogens is 248 g/mol. The van der Waals surface area contributed by atoms with Crippen LogP contribution in [0.25, 0.3) is 0 Å². The average Bonchev–Trinajstić information content (AvgIpc) is 2.81. The first-order valence-electron chi connectivity index (χ1n) is 7.05. The van der Waals surface area contributed by atoms with Crippen molar-refractivity contribution in [1.82, 2.24) is 20.3 Å². The topological polar surface area (TPSA) is 42.7 Å². The lowest BCUT2D eigenvalue weighted by atomic mass is 9.86. The van der Waals surface area contributed by atoms with Gasteiger partial charge in [0.25, 0.3) is 0 Å². The van der Waals surface area contributed by atoms with Crippen LogP contribution in [-0.2, 0) is 19.0 Å². The molecule has 1 N–H and O–H groups in total. The molecule has 0 saturated carbocycles. The molecule has 0 aliphatic carbocycles. The zero-order valence-corrected chi connectivity index (χ0v) is 13.0. The normalized spacial score (nSPS) is 13.4. The van der Waals surface area contributed by atoms with Gasteiger partial charge in [-0.1, -0.05) is 50.3 Å². The van der Waals surface area contributed by atoms with Crippen LogP contribution >= 0.6 is 0 Å². The Kier molecular flexibility index (Phi) is 4.23. The van der Waals surface area contributed by atoms with E-state index in [2.05, 4.69) is 67.6 Å². The summed E-state index contributed by atoms with van der Waals surface area (Å²) < 4.78 is 1.79. The van der Waals surface area contributed by atoms with E-state index in [1.165, 1.54) is 11.1 Å². The smallest absolute Gasteiger partial charge is 0.0738 e. The predicted octanol–water partition coefficient (Wildman–Crippen LogP) is 2.96. The number of hydrogen-bond acceptors (Lipinski definition) is 3. The fourth-order valence-corrected chi connectivity index (χ4v) is 2.12. The van der Waals surface area contributed by atoms with Crippen LogP contribution in [-0.4, -0.2) is 15.0 Å². The number of hydrogen-bond donors (Lipinski definition) is 1. The van der Waals surface area contributed by atoms with Crippen LogP contribution in [0.2, 0.25) is 0 Å². The Balaban J connectivity index is 1.99. The maximum atomic E-state index is 3.93. The van der Waals surface area contributed by atoms with Crippen molar-refractivity contribution < 1.29 is 0 Å². The second-order valence-electron chi connectivity index (χ2n) is 6.32. The molecule has 0 radical (unpaired) electrons. The van der Waals surface area contributed by atoms with Gasteiger partial charge in [0.05, 0.1) is 11.9 Å². The largest absolute Gasteiger partial charge is 0.305 e. The molecule has 0 fully saturated rings. The van der Waals surface area contributed by atoms with Crippen molar-refractivity contribution in [2.45, 2.75) is 45.7 Å². The first-order chi connectivity index (χ1) is 9.38. The van der Waals surface area contributed by atoms with Gasteiger partial charge in [-0.3, -0.25) is 4.68 Å². The summed E-state index contributed by atoms with van der Waals surface area (Å²) in [6.45, 7) is 9.65. The number of aromatic nitrogens is 3. The lowest BCUT2D eigenvalue weighted by Gasteiger charge is -2.20. The second-order valence-corrected chi connectivity index (χ2v) is 6.32. The highest BCUT2D eigenvalue weighted by Gasteiger charge is 2.14. The Morgan fingerprint density at radius 3 is 2.35 bits per heavy atom. The van der Waals surface area contributed by atoms with E-state index >= 15 is 0 Å². The second kappa shape index (κ2) is 5.75. The molecule has 2 rings (SSSR count). The molecule has 4 heteroatoms. The Morgan fingerprint density at radius 2 is 1.85 bits per heavy atom. The summed E-state index contributed by atoms with van der Waals surface area (Å²) >= 11 is 0. The van der Waals surface area contributed by atoms with Crippen LogP contribution < -0.4 is 5.32 Å². The number of aryl methyl sites for hydroxylation is 1. The van der Waals surface area contributed by atoms with Gasteiger partial charge in [0.2, 0.25) is 0 Å². The molecule has 4 nitrogen and oxygen atoms in total. The van der Waals surface area contributed by atoms with E-state index in [0.29, 0.717) is 6.04 Å². The van der Waals surface area contributed by atoms with Gasteiger partial charge in [-0.2, -0.15) is 0 Å². The zero-order valence-electron chi connectivity index (χ0n) is 13.0. The van der Waals surface area contributed by atoms with Crippen molar-refractivity contribution in [3.05, 3.63) is 47.3 Å². The number of nitrogens with one attached hydrogen (secondary N) is 1. The molecule has 0 aliphatic heterocycles. The van der Waals surface area contributed by atoms with Gasteiger partial charge in [0.15, 0.2) is 0 Å². The van der Waals surface area contributed by atoms with Crippen LogP contribution in [0.3, 0.4) is 0 Å². The third kappa shape index (κ3) is 3.45. The molecule has 0 spiro atoms. The molecule has 1 heterocycles. The quantitative estimate of drug-likeness (QED) is 0.930. The minimum atomic E-state index is 0.204. The number of benzene rings is 1. The molecule has 0 bridgehead atoms. The molecule has 0 aliphatic rings. The third-order valence-electron chi connectivity index (χ3n) is 3.67. The average molecular weight is 272 g/mol. The SMILES string of the molecule is CC(NCc1cnnn1C)c1ccc(C(C)(C)C)cc1. The number of rotatable bonds is 4. The fraction of sp³-hybridized carbons (Fsp3) is 0.500. The Morgan fingerprint density at radius 1 is 1.20 bits per heavy atom. The standard InChI is InChI=1S/C16H24N4/c1-12(17-10-15-11-18-19-20(15)5)13-6-8-14(9-7-13)16(2,3)4/h6-9,11-12,17H,10H2,1-5H3. The highest BCUT2D eigenvalue weighted by Crippen LogP contribution is 2.23. The molecular formula is C16H24N4. The summed E-state index contributed by atoms with van der Waals surface area (Å²) in [6.07, 6.45) is 1.79. The minimum absolute atomic E-state index is 0.204. The Bertz CT molecular complexity index is 549. The lowest BCUT2D eigenvalue weighted by Crippen LogP contribution is -2.20. The molecule has 2 aromatic rings. The number of nitrogens with zero attached hydrogens (tertiary/aromatic N) is 3. The van der Waals surface area contributed by atoms with E-state index in [-0.39, 0.29) is 5.41 Å². The molecule has 0 saturated heterocycles. The fourth-order valence-electron chi connectivity index (χ4n) is 2.12. The molecule has 1 aromatic carbocycles. The lowest BCUT2D eigenvalue weighted by molar-refractivity contribution is 0.545. The summed E-state index contributed by atoms with van der Waals surface area (Å²) in [5.41, 5.74) is 3.95. The van der Waals surface area contributed by atoms with E-state index < -0.39 is 0 Å². The first kappa shape index (κ1) is 14.7. The van der Waals surface area contributed by atoms with Crippen LogP contribution in [0.1, 0.15) is 50.6 Å². The van der Waals surface area contributed by atoms with E-state index in [4.69, 9.17) is 0 Å². The van der Waals surface area contributed by atoms with Gasteiger partial charge in [0, 0.05) is 19.6 Å². The summed E-state index contributed by atoms with van der Waals surface area (Å²) in [6, 6.07) is 9.16. The van der Waals surface area contributed by atoms with Crippen molar-refractivity contribution in [3.63, 3.8) is 0 Å². The third-order valence-corrected chi connectivity index (χ3v) is 3.67. The molecule has 20 heavy (non-hydrogen) atoms. The summed E-state index contributed by atoms with van der Waals surface area (Å²) in [5, 5.41) is 11.3. The summed E-state index contributed by atoms with van der Waals surface area (Å²) in [5.74, 6) is 0. The highest BCUT2D eigenvalue weighted by atomic mass is 15.4. The van der Waals surface area contributed by atoms with E-state index in [0.717, 1.165) is 12.2 Å². The monoisotopic (exact) mass is 272 g/mol. The summed E-state index contributed by atoms with van der Waals surface area (Å²) in [7, 11) is 1.91. The molecule has 1 atom stereocenters. The molecule has 1 aromatic heterocycles. The highest BCUT2D eigenvalue weighted by molar-refractivity contribution is 5.29. The van der Waals surface area contributed by atoms with Crippen molar-refractivity contribution >= 4 is 0 Å². The van der Waals surface area contributed by atoms with E-state index in [1.54, 1.807) is 10.9 Å². The Hall–Kier alpha value is -1.68. The van der Waals surface area contributed by atoms with E-state index in [1.807, 2.05) is 7.05 Å². The van der Waals surface area contributed by atoms with Crippen molar-refractivity contribution in [2.24, 2.45) is 7.05 Å².